The summed E-state index contributed by atoms with van der Waals surface area (Å²) in [5.41, 5.74) is -0.195. The average Bonchev–Trinajstić information content (AvgIpc) is 2.70. The van der Waals surface area contributed by atoms with Gasteiger partial charge in [-0.2, -0.15) is 0 Å². The van der Waals surface area contributed by atoms with Gasteiger partial charge in [0.2, 0.25) is 11.8 Å². The number of hydrogen-bond acceptors (Lipinski definition) is 4. The highest BCUT2D eigenvalue weighted by Gasteiger charge is 2.08. The lowest BCUT2D eigenvalue weighted by atomic mass is 10.2. The minimum atomic E-state index is -0.285. The topological polar surface area (TPSA) is 83.4 Å². The van der Waals surface area contributed by atoms with E-state index in [1.807, 2.05) is 18.2 Å². The molecule has 0 saturated heterocycles. The Labute approximate surface area is 165 Å². The zero-order valence-electron chi connectivity index (χ0n) is 16.7. The first kappa shape index (κ1) is 21.6. The van der Waals surface area contributed by atoms with Gasteiger partial charge in [-0.25, -0.2) is 0 Å². The van der Waals surface area contributed by atoms with Gasteiger partial charge < -0.3 is 20.1 Å². The van der Waals surface area contributed by atoms with Crippen molar-refractivity contribution in [2.75, 3.05) is 32.7 Å². The van der Waals surface area contributed by atoms with E-state index in [1.165, 1.54) is 4.57 Å². The fourth-order valence-electron chi connectivity index (χ4n) is 3.04. The summed E-state index contributed by atoms with van der Waals surface area (Å²) in [5, 5.41) is 7.00. The Hall–Kier alpha value is -2.67. The van der Waals surface area contributed by atoms with E-state index in [2.05, 4.69) is 29.4 Å². The normalized spacial score (nSPS) is 11.0. The molecule has 2 aromatic rings. The maximum Gasteiger partial charge on any atom is 0.258 e. The molecule has 0 spiro atoms. The molecule has 0 atom stereocenters. The van der Waals surface area contributed by atoms with E-state index in [4.69, 9.17) is 0 Å². The van der Waals surface area contributed by atoms with Crippen molar-refractivity contribution in [3.8, 4) is 0 Å². The lowest BCUT2D eigenvalue weighted by Gasteiger charge is -2.17. The number of aromatic nitrogens is 1. The summed E-state index contributed by atoms with van der Waals surface area (Å²) in [7, 11) is 0. The third-order valence-corrected chi connectivity index (χ3v) is 4.74. The lowest BCUT2D eigenvalue weighted by Crippen LogP contribution is -2.35. The highest BCUT2D eigenvalue weighted by atomic mass is 16.2. The van der Waals surface area contributed by atoms with E-state index in [1.54, 1.807) is 18.3 Å². The van der Waals surface area contributed by atoms with Crippen molar-refractivity contribution in [2.24, 2.45) is 0 Å². The third kappa shape index (κ3) is 6.49. The predicted octanol–water partition coefficient (Wildman–Crippen LogP) is 1.36. The largest absolute Gasteiger partial charge is 0.356 e. The molecule has 0 bridgehead atoms. The van der Waals surface area contributed by atoms with E-state index in [0.717, 1.165) is 31.4 Å². The van der Waals surface area contributed by atoms with Crippen LogP contribution in [-0.4, -0.2) is 54.0 Å². The maximum atomic E-state index is 12.4. The van der Waals surface area contributed by atoms with Gasteiger partial charge in [0.25, 0.3) is 5.56 Å². The van der Waals surface area contributed by atoms with E-state index >= 15 is 0 Å². The molecule has 7 nitrogen and oxygen atoms in total. The van der Waals surface area contributed by atoms with Gasteiger partial charge in [0.1, 0.15) is 6.54 Å². The van der Waals surface area contributed by atoms with Crippen molar-refractivity contribution in [3.05, 3.63) is 46.9 Å². The van der Waals surface area contributed by atoms with Crippen molar-refractivity contribution in [1.29, 1.82) is 0 Å². The second-order valence-electron chi connectivity index (χ2n) is 6.67. The summed E-state index contributed by atoms with van der Waals surface area (Å²) in [6.45, 7) is 8.06. The number of rotatable bonds is 11. The monoisotopic (exact) mass is 386 g/mol. The summed E-state index contributed by atoms with van der Waals surface area (Å²) < 4.78 is 1.38. The van der Waals surface area contributed by atoms with Crippen LogP contribution in [0.1, 0.15) is 26.7 Å². The first-order valence-electron chi connectivity index (χ1n) is 9.89. The molecule has 0 saturated carbocycles. The van der Waals surface area contributed by atoms with Crippen LogP contribution in [0.5, 0.6) is 0 Å². The quantitative estimate of drug-likeness (QED) is 0.571. The Bertz CT molecular complexity index is 843. The highest BCUT2D eigenvalue weighted by molar-refractivity contribution is 5.82. The number of fused-ring (bicyclic) bond motifs is 1. The molecule has 0 fully saturated rings. The number of nitrogens with one attached hydrogen (secondary N) is 2. The van der Waals surface area contributed by atoms with E-state index < -0.39 is 0 Å². The Morgan fingerprint density at radius 3 is 2.46 bits per heavy atom. The van der Waals surface area contributed by atoms with Crippen LogP contribution in [0, 0.1) is 0 Å². The molecule has 2 amide bonds. The number of hydrogen-bond donors (Lipinski definition) is 2. The fraction of sp³-hybridized carbons (Fsp3) is 0.476. The van der Waals surface area contributed by atoms with Crippen LogP contribution in [0.2, 0.25) is 0 Å². The molecule has 152 valence electrons. The van der Waals surface area contributed by atoms with Crippen molar-refractivity contribution in [1.82, 2.24) is 20.1 Å². The molecule has 2 rings (SSSR count). The summed E-state index contributed by atoms with van der Waals surface area (Å²) >= 11 is 0. The average molecular weight is 386 g/mol. The van der Waals surface area contributed by atoms with Crippen LogP contribution in [0.25, 0.3) is 10.8 Å². The Morgan fingerprint density at radius 2 is 1.71 bits per heavy atom. The summed E-state index contributed by atoms with van der Waals surface area (Å²) in [4.78, 5) is 38.6. The Balaban J connectivity index is 1.69. The van der Waals surface area contributed by atoms with Gasteiger partial charge in [0.15, 0.2) is 0 Å². The van der Waals surface area contributed by atoms with Gasteiger partial charge in [-0.3, -0.25) is 14.4 Å². The summed E-state index contributed by atoms with van der Waals surface area (Å²) in [6.07, 6.45) is 2.75. The summed E-state index contributed by atoms with van der Waals surface area (Å²) in [6, 6.07) is 9.09. The molecule has 28 heavy (non-hydrogen) atoms. The molecule has 7 heteroatoms. The number of amides is 2. The van der Waals surface area contributed by atoms with Gasteiger partial charge in [-0.1, -0.05) is 32.0 Å². The third-order valence-electron chi connectivity index (χ3n) is 4.74. The van der Waals surface area contributed by atoms with Crippen LogP contribution in [-0.2, 0) is 16.1 Å². The van der Waals surface area contributed by atoms with E-state index in [-0.39, 0.29) is 36.9 Å². The van der Waals surface area contributed by atoms with Gasteiger partial charge in [-0.15, -0.1) is 0 Å². The van der Waals surface area contributed by atoms with Gasteiger partial charge in [-0.05, 0) is 43.6 Å². The molecule has 0 radical (unpaired) electrons. The zero-order chi connectivity index (χ0) is 20.4. The standard InChI is InChI=1S/C21H30N4O3/c1-3-24(4-2)14-7-12-22-19(26)10-13-23-20(27)16-25-15-11-17-8-5-6-9-18(17)21(25)28/h5-6,8-9,11,15H,3-4,7,10,12-14,16H2,1-2H3,(H,22,26)(H,23,27). The SMILES string of the molecule is CCN(CC)CCCNC(=O)CCNC(=O)Cn1ccc2ccccc2c1=O. The lowest BCUT2D eigenvalue weighted by molar-refractivity contribution is -0.122. The Morgan fingerprint density at radius 1 is 1.00 bits per heavy atom. The second-order valence-corrected chi connectivity index (χ2v) is 6.67. The second kappa shape index (κ2) is 11.2. The molecule has 1 aromatic heterocycles. The van der Waals surface area contributed by atoms with Gasteiger partial charge in [0, 0.05) is 31.1 Å². The maximum absolute atomic E-state index is 12.4. The van der Waals surface area contributed by atoms with E-state index in [9.17, 15) is 14.4 Å². The van der Waals surface area contributed by atoms with Gasteiger partial charge in [0.05, 0.1) is 0 Å². The fourth-order valence-corrected chi connectivity index (χ4v) is 3.04. The molecule has 0 aliphatic heterocycles. The van der Waals surface area contributed by atoms with Crippen molar-refractivity contribution in [2.45, 2.75) is 33.2 Å². The molecular weight excluding hydrogens is 356 g/mol. The van der Waals surface area contributed by atoms with Gasteiger partial charge >= 0.3 is 0 Å². The van der Waals surface area contributed by atoms with Crippen molar-refractivity contribution >= 4 is 22.6 Å². The van der Waals surface area contributed by atoms with E-state index in [0.29, 0.717) is 11.9 Å². The first-order valence-corrected chi connectivity index (χ1v) is 9.89. The van der Waals surface area contributed by atoms with Crippen LogP contribution in [0.4, 0.5) is 0 Å². The van der Waals surface area contributed by atoms with Crippen LogP contribution in [0.15, 0.2) is 41.3 Å². The van der Waals surface area contributed by atoms with Crippen LogP contribution < -0.4 is 16.2 Å². The molecular formula is C21H30N4O3. The molecule has 1 heterocycles. The predicted molar refractivity (Wildman–Crippen MR) is 111 cm³/mol. The number of benzene rings is 1. The number of carbonyl (C=O) groups excluding carboxylic acids is 2. The molecule has 0 aliphatic rings. The highest BCUT2D eigenvalue weighted by Crippen LogP contribution is 2.07. The number of pyridine rings is 1. The van der Waals surface area contributed by atoms with Crippen LogP contribution >= 0.6 is 0 Å². The minimum absolute atomic E-state index is 0.0604. The zero-order valence-corrected chi connectivity index (χ0v) is 16.7. The molecule has 0 aliphatic carbocycles. The van der Waals surface area contributed by atoms with Crippen molar-refractivity contribution < 1.29 is 9.59 Å². The number of nitrogens with zero attached hydrogens (tertiary/aromatic N) is 2. The van der Waals surface area contributed by atoms with Crippen LogP contribution in [0.3, 0.4) is 0 Å². The Kier molecular flexibility index (Phi) is 8.68. The molecule has 2 N–H and O–H groups in total. The smallest absolute Gasteiger partial charge is 0.258 e. The number of carbonyl (C=O) groups is 2. The first-order chi connectivity index (χ1) is 13.5. The minimum Gasteiger partial charge on any atom is -0.356 e. The molecule has 0 unspecified atom stereocenters. The van der Waals surface area contributed by atoms with Crippen molar-refractivity contribution in [3.63, 3.8) is 0 Å². The molecule has 1 aromatic carbocycles. The summed E-state index contributed by atoms with van der Waals surface area (Å²) in [5.74, 6) is -0.366.